The van der Waals surface area contributed by atoms with Crippen LogP contribution in [0.15, 0.2) is 30.3 Å². The van der Waals surface area contributed by atoms with Crippen LogP contribution in [0.2, 0.25) is 0 Å². The second-order valence-electron chi connectivity index (χ2n) is 4.56. The molecular formula is C15H21IO2. The minimum Gasteiger partial charge on any atom is -0.392 e. The number of Topliss-reactive ketones (excluding diaryl/α,β-unsaturated/α-hetero) is 1. The molecule has 0 spiro atoms. The molecule has 0 amide bonds. The van der Waals surface area contributed by atoms with Crippen LogP contribution in [0.25, 0.3) is 0 Å². The molecule has 0 aliphatic carbocycles. The van der Waals surface area contributed by atoms with Crippen molar-refractivity contribution in [3.05, 3.63) is 35.9 Å². The molecule has 0 aromatic heterocycles. The maximum Gasteiger partial charge on any atom is 0.169 e. The first kappa shape index (κ1) is 15.6. The number of rotatable bonds is 7. The summed E-state index contributed by atoms with van der Waals surface area (Å²) < 4.78 is 0.656. The monoisotopic (exact) mass is 360 g/mol. The summed E-state index contributed by atoms with van der Waals surface area (Å²) in [6.45, 7) is 4.13. The lowest BCUT2D eigenvalue weighted by Gasteiger charge is -2.26. The third-order valence-electron chi connectivity index (χ3n) is 3.51. The van der Waals surface area contributed by atoms with E-state index in [1.807, 2.05) is 30.3 Å². The molecule has 100 valence electrons. The van der Waals surface area contributed by atoms with Gasteiger partial charge in [0, 0.05) is 9.99 Å². The summed E-state index contributed by atoms with van der Waals surface area (Å²) in [4.78, 5) is 12.4. The quantitative estimate of drug-likeness (QED) is 0.457. The van der Waals surface area contributed by atoms with E-state index in [4.69, 9.17) is 0 Å². The zero-order chi connectivity index (χ0) is 13.5. The van der Waals surface area contributed by atoms with E-state index < -0.39 is 6.10 Å². The van der Waals surface area contributed by atoms with Crippen molar-refractivity contribution in [1.29, 1.82) is 0 Å². The third kappa shape index (κ3) is 3.79. The SMILES string of the molecule is CCC(CC)[C@H](O)[C@@H](CI)C(=O)c1ccccc1. The van der Waals surface area contributed by atoms with Crippen molar-refractivity contribution >= 4 is 28.4 Å². The number of carbonyl (C=O) groups is 1. The van der Waals surface area contributed by atoms with Gasteiger partial charge in [-0.15, -0.1) is 0 Å². The second-order valence-corrected chi connectivity index (χ2v) is 5.44. The number of hydrogen-bond acceptors (Lipinski definition) is 2. The summed E-state index contributed by atoms with van der Waals surface area (Å²) in [5.41, 5.74) is 0.698. The van der Waals surface area contributed by atoms with Gasteiger partial charge in [-0.05, 0) is 5.92 Å². The highest BCUT2D eigenvalue weighted by Gasteiger charge is 2.30. The number of halogens is 1. The lowest BCUT2D eigenvalue weighted by atomic mass is 9.84. The molecule has 0 aliphatic heterocycles. The molecule has 0 saturated heterocycles. The minimum absolute atomic E-state index is 0.0596. The van der Waals surface area contributed by atoms with Crippen molar-refractivity contribution in [1.82, 2.24) is 0 Å². The van der Waals surface area contributed by atoms with Gasteiger partial charge in [-0.2, -0.15) is 0 Å². The van der Waals surface area contributed by atoms with Crippen LogP contribution in [-0.4, -0.2) is 21.4 Å². The predicted molar refractivity (Wildman–Crippen MR) is 83.2 cm³/mol. The molecule has 2 atom stereocenters. The van der Waals surface area contributed by atoms with Crippen molar-refractivity contribution in [2.75, 3.05) is 4.43 Å². The minimum atomic E-state index is -0.537. The van der Waals surface area contributed by atoms with E-state index in [0.717, 1.165) is 12.8 Å². The number of ketones is 1. The van der Waals surface area contributed by atoms with Crippen LogP contribution in [0.3, 0.4) is 0 Å². The Labute approximate surface area is 123 Å². The van der Waals surface area contributed by atoms with Crippen LogP contribution < -0.4 is 0 Å². The largest absolute Gasteiger partial charge is 0.392 e. The molecule has 2 nitrogen and oxygen atoms in total. The molecule has 3 heteroatoms. The van der Waals surface area contributed by atoms with Crippen LogP contribution in [-0.2, 0) is 0 Å². The standard InChI is InChI=1S/C15H21IO2/c1-3-11(4-2)14(17)13(10-16)15(18)12-8-6-5-7-9-12/h5-9,11,13-14,17H,3-4,10H2,1-2H3/t13-,14+/m1/s1. The van der Waals surface area contributed by atoms with Gasteiger partial charge in [-0.1, -0.05) is 79.6 Å². The normalized spacial score (nSPS) is 14.5. The van der Waals surface area contributed by atoms with Gasteiger partial charge in [0.15, 0.2) is 5.78 Å². The molecule has 1 aromatic carbocycles. The summed E-state index contributed by atoms with van der Waals surface area (Å²) in [5.74, 6) is -0.0280. The van der Waals surface area contributed by atoms with E-state index >= 15 is 0 Å². The maximum absolute atomic E-state index is 12.4. The Bertz CT molecular complexity index is 360. The van der Waals surface area contributed by atoms with E-state index in [-0.39, 0.29) is 17.6 Å². The van der Waals surface area contributed by atoms with Crippen molar-refractivity contribution in [2.24, 2.45) is 11.8 Å². The lowest BCUT2D eigenvalue weighted by Crippen LogP contribution is -2.35. The van der Waals surface area contributed by atoms with Crippen molar-refractivity contribution in [2.45, 2.75) is 32.8 Å². The number of aliphatic hydroxyl groups excluding tert-OH is 1. The van der Waals surface area contributed by atoms with Gasteiger partial charge < -0.3 is 5.11 Å². The van der Waals surface area contributed by atoms with Gasteiger partial charge in [0.25, 0.3) is 0 Å². The van der Waals surface area contributed by atoms with E-state index in [2.05, 4.69) is 36.4 Å². The van der Waals surface area contributed by atoms with E-state index in [0.29, 0.717) is 9.99 Å². The third-order valence-corrected chi connectivity index (χ3v) is 4.45. The zero-order valence-electron chi connectivity index (χ0n) is 11.0. The summed E-state index contributed by atoms with van der Waals surface area (Å²) >= 11 is 2.19. The lowest BCUT2D eigenvalue weighted by molar-refractivity contribution is 0.0470. The first-order chi connectivity index (χ1) is 8.65. The molecule has 1 rings (SSSR count). The fraction of sp³-hybridized carbons (Fsp3) is 0.533. The smallest absolute Gasteiger partial charge is 0.169 e. The van der Waals surface area contributed by atoms with Gasteiger partial charge in [0.05, 0.1) is 12.0 Å². The average Bonchev–Trinajstić information content (AvgIpc) is 2.42. The number of alkyl halides is 1. The molecule has 0 fully saturated rings. The molecule has 0 unspecified atom stereocenters. The molecule has 1 aromatic rings. The van der Waals surface area contributed by atoms with Crippen molar-refractivity contribution < 1.29 is 9.90 Å². The zero-order valence-corrected chi connectivity index (χ0v) is 13.1. The molecule has 0 aliphatic rings. The van der Waals surface area contributed by atoms with E-state index in [1.165, 1.54) is 0 Å². The number of aliphatic hydroxyl groups is 1. The highest BCUT2D eigenvalue weighted by molar-refractivity contribution is 14.1. The summed E-state index contributed by atoms with van der Waals surface area (Å²) in [5, 5.41) is 10.4. The molecular weight excluding hydrogens is 339 g/mol. The molecule has 0 heterocycles. The van der Waals surface area contributed by atoms with Crippen molar-refractivity contribution in [3.8, 4) is 0 Å². The van der Waals surface area contributed by atoms with E-state index in [1.54, 1.807) is 0 Å². The highest BCUT2D eigenvalue weighted by atomic mass is 127. The highest BCUT2D eigenvalue weighted by Crippen LogP contribution is 2.24. The number of hydrogen-bond donors (Lipinski definition) is 1. The van der Waals surface area contributed by atoms with Crippen LogP contribution in [0, 0.1) is 11.8 Å². The average molecular weight is 360 g/mol. The van der Waals surface area contributed by atoms with Crippen LogP contribution in [0.4, 0.5) is 0 Å². The van der Waals surface area contributed by atoms with Crippen molar-refractivity contribution in [3.63, 3.8) is 0 Å². The molecule has 0 bridgehead atoms. The van der Waals surface area contributed by atoms with Crippen LogP contribution in [0.5, 0.6) is 0 Å². The molecule has 18 heavy (non-hydrogen) atoms. The topological polar surface area (TPSA) is 37.3 Å². The molecule has 0 radical (unpaired) electrons. The van der Waals surface area contributed by atoms with Gasteiger partial charge in [-0.25, -0.2) is 0 Å². The predicted octanol–water partition coefficient (Wildman–Crippen LogP) is 3.72. The first-order valence-corrected chi connectivity index (χ1v) is 8.01. The summed E-state index contributed by atoms with van der Waals surface area (Å²) in [7, 11) is 0. The Balaban J connectivity index is 2.86. The summed E-state index contributed by atoms with van der Waals surface area (Å²) in [6, 6.07) is 9.26. The Morgan fingerprint density at radius 1 is 1.22 bits per heavy atom. The van der Waals surface area contributed by atoms with Crippen LogP contribution >= 0.6 is 22.6 Å². The van der Waals surface area contributed by atoms with Gasteiger partial charge >= 0.3 is 0 Å². The number of benzene rings is 1. The fourth-order valence-electron chi connectivity index (χ4n) is 2.23. The van der Waals surface area contributed by atoms with Gasteiger partial charge in [0.1, 0.15) is 0 Å². The summed E-state index contributed by atoms with van der Waals surface area (Å²) in [6.07, 6.45) is 1.28. The Morgan fingerprint density at radius 3 is 2.22 bits per heavy atom. The van der Waals surface area contributed by atoms with E-state index in [9.17, 15) is 9.90 Å². The molecule has 0 saturated carbocycles. The Hall–Kier alpha value is -0.420. The van der Waals surface area contributed by atoms with Gasteiger partial charge in [0.2, 0.25) is 0 Å². The maximum atomic E-state index is 12.4. The second kappa shape index (κ2) is 7.89. The Kier molecular flexibility index (Phi) is 6.86. The molecule has 1 N–H and O–H groups in total. The Morgan fingerprint density at radius 2 is 1.78 bits per heavy atom. The van der Waals surface area contributed by atoms with Crippen LogP contribution in [0.1, 0.15) is 37.0 Å². The number of carbonyl (C=O) groups excluding carboxylic acids is 1. The fourth-order valence-corrected chi connectivity index (χ4v) is 3.15. The first-order valence-electron chi connectivity index (χ1n) is 6.48. The van der Waals surface area contributed by atoms with Gasteiger partial charge in [-0.3, -0.25) is 4.79 Å².